The van der Waals surface area contributed by atoms with E-state index in [4.69, 9.17) is 5.11 Å². The van der Waals surface area contributed by atoms with Gasteiger partial charge in [0.25, 0.3) is 0 Å². The first-order valence-electron chi connectivity index (χ1n) is 7.42. The summed E-state index contributed by atoms with van der Waals surface area (Å²) >= 11 is 0. The Bertz CT molecular complexity index is 848. The molecule has 0 aliphatic carbocycles. The van der Waals surface area contributed by atoms with Crippen LogP contribution in [0.25, 0.3) is 11.0 Å². The highest BCUT2D eigenvalue weighted by molar-refractivity contribution is 5.81. The molecule has 0 spiro atoms. The van der Waals surface area contributed by atoms with Crippen molar-refractivity contribution in [1.29, 1.82) is 0 Å². The van der Waals surface area contributed by atoms with Crippen LogP contribution in [0.2, 0.25) is 0 Å². The van der Waals surface area contributed by atoms with Crippen molar-refractivity contribution in [1.82, 2.24) is 9.13 Å². The summed E-state index contributed by atoms with van der Waals surface area (Å²) in [5.74, 6) is 0. The maximum atomic E-state index is 12.4. The van der Waals surface area contributed by atoms with Gasteiger partial charge in [-0.15, -0.1) is 0 Å². The van der Waals surface area contributed by atoms with Crippen LogP contribution in [0, 0.1) is 0 Å². The Kier molecular flexibility index (Phi) is 3.45. The van der Waals surface area contributed by atoms with Gasteiger partial charge in [0, 0.05) is 6.54 Å². The van der Waals surface area contributed by atoms with Crippen LogP contribution in [0.5, 0.6) is 0 Å². The third-order valence-electron chi connectivity index (χ3n) is 4.54. The summed E-state index contributed by atoms with van der Waals surface area (Å²) < 4.78 is 2.82. The van der Waals surface area contributed by atoms with E-state index in [2.05, 4.69) is 13.8 Å². The fourth-order valence-corrected chi connectivity index (χ4v) is 3.21. The van der Waals surface area contributed by atoms with E-state index in [0.29, 0.717) is 12.1 Å². The molecule has 0 fully saturated rings. The van der Waals surface area contributed by atoms with Crippen molar-refractivity contribution in [2.24, 2.45) is 0 Å². The summed E-state index contributed by atoms with van der Waals surface area (Å²) in [7, 11) is 0. The van der Waals surface area contributed by atoms with Crippen LogP contribution >= 0.6 is 0 Å². The molecule has 1 aromatic heterocycles. The van der Waals surface area contributed by atoms with Crippen LogP contribution in [0.1, 0.15) is 25.8 Å². The Hall–Kier alpha value is -1.92. The number of rotatable bonds is 3. The number of para-hydroxylation sites is 1. The number of aliphatic hydroxyl groups excluding tert-OH is 2. The molecule has 2 N–H and O–H groups in total. The minimum atomic E-state index is -1.07. The van der Waals surface area contributed by atoms with E-state index in [1.807, 2.05) is 12.1 Å². The lowest BCUT2D eigenvalue weighted by atomic mass is 9.78. The van der Waals surface area contributed by atoms with Crippen molar-refractivity contribution >= 4 is 11.0 Å². The summed E-state index contributed by atoms with van der Waals surface area (Å²) in [5, 5.41) is 18.7. The summed E-state index contributed by atoms with van der Waals surface area (Å²) in [5.41, 5.74) is 1.11. The predicted octanol–water partition coefficient (Wildman–Crippen LogP) is 0.198. The Morgan fingerprint density at radius 1 is 1.27 bits per heavy atom. The zero-order valence-corrected chi connectivity index (χ0v) is 12.7. The summed E-state index contributed by atoms with van der Waals surface area (Å²) in [6.45, 7) is 4.20. The maximum absolute atomic E-state index is 12.4. The normalized spacial score (nSPS) is 17.6. The van der Waals surface area contributed by atoms with E-state index in [1.54, 1.807) is 10.6 Å². The van der Waals surface area contributed by atoms with E-state index < -0.39 is 23.8 Å². The number of aromatic nitrogens is 2. The van der Waals surface area contributed by atoms with E-state index in [0.717, 1.165) is 17.5 Å². The molecule has 2 aromatic rings. The molecule has 0 radical (unpaired) electrons. The minimum Gasteiger partial charge on any atom is -0.394 e. The molecular weight excluding hydrogens is 284 g/mol. The van der Waals surface area contributed by atoms with Crippen LogP contribution in [-0.4, -0.2) is 32.1 Å². The SMILES string of the molecule is CC1(C)CCn2c(=O)c(=O)n(CC(O)CO)c3cccc1c32. The monoisotopic (exact) mass is 304 g/mol. The average Bonchev–Trinajstić information content (AvgIpc) is 2.50. The van der Waals surface area contributed by atoms with Gasteiger partial charge in [0.15, 0.2) is 0 Å². The highest BCUT2D eigenvalue weighted by Crippen LogP contribution is 2.36. The lowest BCUT2D eigenvalue weighted by Gasteiger charge is -2.33. The second-order valence-electron chi connectivity index (χ2n) is 6.52. The highest BCUT2D eigenvalue weighted by atomic mass is 16.3. The molecule has 1 atom stereocenters. The van der Waals surface area contributed by atoms with Gasteiger partial charge >= 0.3 is 11.1 Å². The third kappa shape index (κ3) is 2.10. The number of aryl methyl sites for hydroxylation is 1. The van der Waals surface area contributed by atoms with E-state index in [-0.39, 0.29) is 12.0 Å². The molecule has 1 aliphatic heterocycles. The highest BCUT2D eigenvalue weighted by Gasteiger charge is 2.30. The Morgan fingerprint density at radius 2 is 2.00 bits per heavy atom. The van der Waals surface area contributed by atoms with Gasteiger partial charge < -0.3 is 14.8 Å². The smallest absolute Gasteiger partial charge is 0.317 e. The molecule has 6 heteroatoms. The summed E-state index contributed by atoms with van der Waals surface area (Å²) in [4.78, 5) is 24.7. The zero-order chi connectivity index (χ0) is 16.1. The molecule has 22 heavy (non-hydrogen) atoms. The van der Waals surface area contributed by atoms with E-state index in [9.17, 15) is 14.7 Å². The lowest BCUT2D eigenvalue weighted by Crippen LogP contribution is -2.46. The van der Waals surface area contributed by atoms with Gasteiger partial charge in [-0.25, -0.2) is 0 Å². The van der Waals surface area contributed by atoms with E-state index in [1.165, 1.54) is 4.57 Å². The molecule has 3 rings (SSSR count). The molecule has 6 nitrogen and oxygen atoms in total. The van der Waals surface area contributed by atoms with Crippen molar-refractivity contribution in [3.05, 3.63) is 44.5 Å². The van der Waals surface area contributed by atoms with E-state index >= 15 is 0 Å². The van der Waals surface area contributed by atoms with Crippen LogP contribution < -0.4 is 11.1 Å². The van der Waals surface area contributed by atoms with Crippen LogP contribution in [0.15, 0.2) is 27.8 Å². The second-order valence-corrected chi connectivity index (χ2v) is 6.52. The fourth-order valence-electron chi connectivity index (χ4n) is 3.21. The maximum Gasteiger partial charge on any atom is 0.317 e. The van der Waals surface area contributed by atoms with Gasteiger partial charge in [-0.2, -0.15) is 0 Å². The molecule has 2 heterocycles. The molecule has 1 aromatic carbocycles. The first-order valence-corrected chi connectivity index (χ1v) is 7.42. The van der Waals surface area contributed by atoms with Crippen LogP contribution in [0.3, 0.4) is 0 Å². The Morgan fingerprint density at radius 3 is 2.68 bits per heavy atom. The number of hydrogen-bond donors (Lipinski definition) is 2. The quantitative estimate of drug-likeness (QED) is 0.793. The van der Waals surface area contributed by atoms with Gasteiger partial charge in [0.1, 0.15) is 0 Å². The number of nitrogens with zero attached hydrogens (tertiary/aromatic N) is 2. The molecule has 118 valence electrons. The molecule has 0 bridgehead atoms. The van der Waals surface area contributed by atoms with Crippen molar-refractivity contribution in [3.63, 3.8) is 0 Å². The lowest BCUT2D eigenvalue weighted by molar-refractivity contribution is 0.0812. The van der Waals surface area contributed by atoms with Crippen molar-refractivity contribution < 1.29 is 10.2 Å². The first-order chi connectivity index (χ1) is 10.4. The van der Waals surface area contributed by atoms with Gasteiger partial charge in [-0.05, 0) is 23.5 Å². The van der Waals surface area contributed by atoms with Crippen LogP contribution in [0.4, 0.5) is 0 Å². The average molecular weight is 304 g/mol. The standard InChI is InChI=1S/C16H20N2O4/c1-16(2)6-7-17-13-11(16)4-3-5-12(13)18(8-10(20)9-19)15(22)14(17)21/h3-5,10,19-20H,6-9H2,1-2H3. The molecule has 0 saturated heterocycles. The number of benzene rings is 1. The van der Waals surface area contributed by atoms with Gasteiger partial charge in [-0.3, -0.25) is 14.2 Å². The molecule has 0 saturated carbocycles. The van der Waals surface area contributed by atoms with Gasteiger partial charge in [0.2, 0.25) is 0 Å². The Balaban J connectivity index is 2.41. The van der Waals surface area contributed by atoms with Gasteiger partial charge in [0.05, 0.1) is 30.3 Å². The summed E-state index contributed by atoms with van der Waals surface area (Å²) in [6, 6.07) is 5.62. The van der Waals surface area contributed by atoms with Crippen LogP contribution in [-0.2, 0) is 18.5 Å². The molecule has 1 unspecified atom stereocenters. The summed E-state index contributed by atoms with van der Waals surface area (Å²) in [6.07, 6.45) is -0.280. The topological polar surface area (TPSA) is 84.5 Å². The molecule has 1 aliphatic rings. The first kappa shape index (κ1) is 15.0. The number of hydrogen-bond acceptors (Lipinski definition) is 4. The van der Waals surface area contributed by atoms with Crippen molar-refractivity contribution in [2.75, 3.05) is 6.61 Å². The zero-order valence-electron chi connectivity index (χ0n) is 12.7. The second kappa shape index (κ2) is 5.07. The Labute approximate surface area is 127 Å². The largest absolute Gasteiger partial charge is 0.394 e. The van der Waals surface area contributed by atoms with Crippen molar-refractivity contribution in [2.45, 2.75) is 44.9 Å². The molecule has 0 amide bonds. The molecular formula is C16H20N2O4. The minimum absolute atomic E-state index is 0.0796. The third-order valence-corrected chi connectivity index (χ3v) is 4.54. The van der Waals surface area contributed by atoms with Crippen molar-refractivity contribution in [3.8, 4) is 0 Å². The predicted molar refractivity (Wildman–Crippen MR) is 83.2 cm³/mol. The fraction of sp³-hybridized carbons (Fsp3) is 0.500. The van der Waals surface area contributed by atoms with Gasteiger partial charge in [-0.1, -0.05) is 26.0 Å². The number of aliphatic hydroxyl groups is 2.